The van der Waals surface area contributed by atoms with E-state index in [-0.39, 0.29) is 0 Å². The molecule has 0 radical (unpaired) electrons. The second-order valence-electron chi connectivity index (χ2n) is 5.40. The SMILES string of the molecule is Cc1cnc2cc(Nc3nc4ccccc4nc3C)nn2c1N. The van der Waals surface area contributed by atoms with Crippen LogP contribution in [0.3, 0.4) is 0 Å². The Morgan fingerprint density at radius 3 is 2.61 bits per heavy atom. The van der Waals surface area contributed by atoms with Crippen molar-refractivity contribution in [1.82, 2.24) is 24.6 Å². The highest BCUT2D eigenvalue weighted by Gasteiger charge is 2.10. The van der Waals surface area contributed by atoms with Crippen molar-refractivity contribution in [2.24, 2.45) is 0 Å². The molecule has 7 heteroatoms. The summed E-state index contributed by atoms with van der Waals surface area (Å²) in [5, 5.41) is 7.64. The topological polar surface area (TPSA) is 94.0 Å². The first-order valence-corrected chi connectivity index (χ1v) is 7.23. The molecule has 114 valence electrons. The minimum atomic E-state index is 0.573. The van der Waals surface area contributed by atoms with Gasteiger partial charge < -0.3 is 11.1 Å². The Labute approximate surface area is 132 Å². The summed E-state index contributed by atoms with van der Waals surface area (Å²) in [6.45, 7) is 3.81. The van der Waals surface area contributed by atoms with Crippen LogP contribution in [-0.2, 0) is 0 Å². The molecular formula is C16H15N7. The molecule has 0 fully saturated rings. The van der Waals surface area contributed by atoms with Crippen LogP contribution >= 0.6 is 0 Å². The van der Waals surface area contributed by atoms with E-state index in [4.69, 9.17) is 5.73 Å². The van der Waals surface area contributed by atoms with Crippen LogP contribution in [0, 0.1) is 13.8 Å². The van der Waals surface area contributed by atoms with E-state index in [0.717, 1.165) is 22.3 Å². The van der Waals surface area contributed by atoms with Crippen molar-refractivity contribution in [2.75, 3.05) is 11.1 Å². The molecule has 0 unspecified atom stereocenters. The monoisotopic (exact) mass is 305 g/mol. The van der Waals surface area contributed by atoms with Crippen molar-refractivity contribution in [3.05, 3.63) is 47.8 Å². The van der Waals surface area contributed by atoms with Gasteiger partial charge in [0, 0.05) is 17.8 Å². The van der Waals surface area contributed by atoms with Gasteiger partial charge in [-0.3, -0.25) is 0 Å². The molecule has 0 aliphatic heterocycles. The van der Waals surface area contributed by atoms with Crippen LogP contribution in [0.15, 0.2) is 36.5 Å². The highest BCUT2D eigenvalue weighted by Crippen LogP contribution is 2.21. The van der Waals surface area contributed by atoms with Gasteiger partial charge in [-0.25, -0.2) is 15.0 Å². The number of rotatable bonds is 2. The zero-order valence-electron chi connectivity index (χ0n) is 12.8. The third-order valence-corrected chi connectivity index (χ3v) is 3.70. The lowest BCUT2D eigenvalue weighted by molar-refractivity contribution is 0.944. The quantitative estimate of drug-likeness (QED) is 0.591. The van der Waals surface area contributed by atoms with Crippen LogP contribution in [0.2, 0.25) is 0 Å². The third kappa shape index (κ3) is 2.22. The second kappa shape index (κ2) is 4.91. The van der Waals surface area contributed by atoms with Gasteiger partial charge in [-0.2, -0.15) is 4.52 Å². The smallest absolute Gasteiger partial charge is 0.159 e. The maximum atomic E-state index is 6.03. The molecule has 0 saturated heterocycles. The predicted octanol–water partition coefficient (Wildman–Crippen LogP) is 2.62. The number of nitrogen functional groups attached to an aromatic ring is 1. The Morgan fingerprint density at radius 2 is 1.83 bits per heavy atom. The maximum Gasteiger partial charge on any atom is 0.159 e. The molecule has 4 aromatic rings. The fraction of sp³-hybridized carbons (Fsp3) is 0.125. The Kier molecular flexibility index (Phi) is 2.87. The van der Waals surface area contributed by atoms with E-state index in [1.54, 1.807) is 10.7 Å². The van der Waals surface area contributed by atoms with Gasteiger partial charge in [0.15, 0.2) is 17.3 Å². The highest BCUT2D eigenvalue weighted by molar-refractivity contribution is 5.77. The molecule has 1 aromatic carbocycles. The van der Waals surface area contributed by atoms with Gasteiger partial charge in [0.25, 0.3) is 0 Å². The van der Waals surface area contributed by atoms with Gasteiger partial charge in [0.05, 0.1) is 16.7 Å². The molecule has 3 N–H and O–H groups in total. The fourth-order valence-corrected chi connectivity index (χ4v) is 2.43. The minimum Gasteiger partial charge on any atom is -0.383 e. The molecule has 0 atom stereocenters. The molecule has 0 aliphatic rings. The molecule has 3 aromatic heterocycles. The summed E-state index contributed by atoms with van der Waals surface area (Å²) >= 11 is 0. The molecule has 3 heterocycles. The lowest BCUT2D eigenvalue weighted by atomic mass is 10.3. The van der Waals surface area contributed by atoms with Crippen molar-refractivity contribution in [2.45, 2.75) is 13.8 Å². The summed E-state index contributed by atoms with van der Waals surface area (Å²) in [7, 11) is 0. The van der Waals surface area contributed by atoms with Crippen LogP contribution in [0.25, 0.3) is 16.7 Å². The number of aromatic nitrogens is 5. The minimum absolute atomic E-state index is 0.573. The average molecular weight is 305 g/mol. The lowest BCUT2D eigenvalue weighted by Gasteiger charge is -2.06. The van der Waals surface area contributed by atoms with Crippen molar-refractivity contribution < 1.29 is 0 Å². The fourth-order valence-electron chi connectivity index (χ4n) is 2.43. The van der Waals surface area contributed by atoms with Gasteiger partial charge in [-0.15, -0.1) is 5.10 Å². The van der Waals surface area contributed by atoms with Crippen LogP contribution in [-0.4, -0.2) is 24.6 Å². The van der Waals surface area contributed by atoms with Gasteiger partial charge >= 0.3 is 0 Å². The van der Waals surface area contributed by atoms with Crippen LogP contribution in [0.5, 0.6) is 0 Å². The lowest BCUT2D eigenvalue weighted by Crippen LogP contribution is -2.03. The van der Waals surface area contributed by atoms with E-state index < -0.39 is 0 Å². The van der Waals surface area contributed by atoms with Gasteiger partial charge in [0.1, 0.15) is 5.82 Å². The second-order valence-corrected chi connectivity index (χ2v) is 5.40. The number of hydrogen-bond donors (Lipinski definition) is 2. The summed E-state index contributed by atoms with van der Waals surface area (Å²) in [5.74, 6) is 1.87. The Bertz CT molecular complexity index is 1040. The highest BCUT2D eigenvalue weighted by atomic mass is 15.3. The van der Waals surface area contributed by atoms with Crippen molar-refractivity contribution in [3.63, 3.8) is 0 Å². The van der Waals surface area contributed by atoms with Crippen LogP contribution in [0.4, 0.5) is 17.5 Å². The number of aryl methyl sites for hydroxylation is 2. The summed E-state index contributed by atoms with van der Waals surface area (Å²) < 4.78 is 1.61. The first kappa shape index (κ1) is 13.4. The number of nitrogens with two attached hydrogens (primary N) is 1. The number of nitrogens with zero attached hydrogens (tertiary/aromatic N) is 5. The van der Waals surface area contributed by atoms with Gasteiger partial charge in [-0.1, -0.05) is 12.1 Å². The van der Waals surface area contributed by atoms with E-state index in [0.29, 0.717) is 23.1 Å². The van der Waals surface area contributed by atoms with Gasteiger partial charge in [-0.05, 0) is 26.0 Å². The number of hydrogen-bond acceptors (Lipinski definition) is 6. The average Bonchev–Trinajstić information content (AvgIpc) is 2.95. The maximum absolute atomic E-state index is 6.03. The summed E-state index contributed by atoms with van der Waals surface area (Å²) in [6.07, 6.45) is 1.73. The van der Waals surface area contributed by atoms with Crippen LogP contribution < -0.4 is 11.1 Å². The van der Waals surface area contributed by atoms with Crippen molar-refractivity contribution in [3.8, 4) is 0 Å². The predicted molar refractivity (Wildman–Crippen MR) is 89.7 cm³/mol. The molecule has 23 heavy (non-hydrogen) atoms. The molecule has 7 nitrogen and oxygen atoms in total. The molecule has 0 aliphatic carbocycles. The number of anilines is 3. The molecule has 0 bridgehead atoms. The van der Waals surface area contributed by atoms with E-state index >= 15 is 0 Å². The molecule has 0 spiro atoms. The van der Waals surface area contributed by atoms with E-state index in [2.05, 4.69) is 25.4 Å². The molecule has 4 rings (SSSR count). The first-order chi connectivity index (χ1) is 11.1. The third-order valence-electron chi connectivity index (χ3n) is 3.70. The van der Waals surface area contributed by atoms with E-state index in [1.807, 2.05) is 44.2 Å². The number of para-hydroxylation sites is 2. The molecular weight excluding hydrogens is 290 g/mol. The molecule has 0 saturated carbocycles. The normalized spacial score (nSPS) is 11.2. The zero-order chi connectivity index (χ0) is 16.0. The number of benzene rings is 1. The summed E-state index contributed by atoms with van der Waals surface area (Å²) in [4.78, 5) is 13.5. The van der Waals surface area contributed by atoms with Crippen molar-refractivity contribution >= 4 is 34.1 Å². The molecule has 0 amide bonds. The Hall–Kier alpha value is -3.22. The zero-order valence-corrected chi connectivity index (χ0v) is 12.8. The number of fused-ring (bicyclic) bond motifs is 2. The van der Waals surface area contributed by atoms with E-state index in [9.17, 15) is 0 Å². The number of nitrogens with one attached hydrogen (secondary N) is 1. The van der Waals surface area contributed by atoms with Gasteiger partial charge in [0.2, 0.25) is 0 Å². The first-order valence-electron chi connectivity index (χ1n) is 7.23. The largest absolute Gasteiger partial charge is 0.383 e. The summed E-state index contributed by atoms with van der Waals surface area (Å²) in [6, 6.07) is 9.58. The van der Waals surface area contributed by atoms with E-state index in [1.165, 1.54) is 0 Å². The summed E-state index contributed by atoms with van der Waals surface area (Å²) in [5.41, 5.74) is 10.1. The standard InChI is InChI=1S/C16H15N7/c1-9-8-18-14-7-13(22-23(14)15(9)17)21-16-10(2)19-11-5-3-4-6-12(11)20-16/h3-8H,17H2,1-2H3,(H,20,21,22). The van der Waals surface area contributed by atoms with Crippen LogP contribution in [0.1, 0.15) is 11.3 Å². The van der Waals surface area contributed by atoms with Crippen molar-refractivity contribution in [1.29, 1.82) is 0 Å². The Morgan fingerprint density at radius 1 is 1.09 bits per heavy atom. The Balaban J connectivity index is 1.78.